The number of rotatable bonds is 4. The first-order chi connectivity index (χ1) is 10.7. The van der Waals surface area contributed by atoms with Gasteiger partial charge in [-0.1, -0.05) is 37.0 Å². The fraction of sp³-hybridized carbons (Fsp3) is 0.312. The molecule has 1 aromatic heterocycles. The van der Waals surface area contributed by atoms with Gasteiger partial charge in [0.25, 0.3) is 0 Å². The van der Waals surface area contributed by atoms with Gasteiger partial charge in [0.05, 0.1) is 16.6 Å². The fourth-order valence-electron chi connectivity index (χ4n) is 2.04. The number of benzene rings is 1. The normalized spacial score (nSPS) is 10.9. The summed E-state index contributed by atoms with van der Waals surface area (Å²) in [5.41, 5.74) is 0.940. The third-order valence-electron chi connectivity index (χ3n) is 3.24. The molecule has 0 aliphatic heterocycles. The monoisotopic (exact) mass is 354 g/mol. The number of hydrogen-bond donors (Lipinski definition) is 0. The summed E-state index contributed by atoms with van der Waals surface area (Å²) in [5, 5.41) is 4.83. The highest BCUT2D eigenvalue weighted by Gasteiger charge is 2.26. The molecule has 0 atom stereocenters. The molecule has 0 aliphatic rings. The van der Waals surface area contributed by atoms with Crippen molar-refractivity contribution >= 4 is 35.0 Å². The van der Waals surface area contributed by atoms with Crippen molar-refractivity contribution < 1.29 is 14.3 Å². The molecule has 2 aromatic rings. The lowest BCUT2D eigenvalue weighted by Crippen LogP contribution is -2.18. The minimum Gasteiger partial charge on any atom is -0.407 e. The Balaban J connectivity index is 2.50. The zero-order chi connectivity index (χ0) is 17.3. The summed E-state index contributed by atoms with van der Waals surface area (Å²) < 4.78 is 6.70. The number of ketones is 1. The molecular formula is C16H16Cl2N2O3. The molecule has 0 unspecified atom stereocenters. The summed E-state index contributed by atoms with van der Waals surface area (Å²) >= 11 is 12.0. The quantitative estimate of drug-likeness (QED) is 0.618. The minimum atomic E-state index is -0.441. The van der Waals surface area contributed by atoms with Crippen LogP contribution in [0.2, 0.25) is 10.0 Å². The number of ether oxygens (including phenoxy) is 1. The van der Waals surface area contributed by atoms with E-state index in [-0.39, 0.29) is 33.7 Å². The molecule has 1 aromatic carbocycles. The fourth-order valence-corrected chi connectivity index (χ4v) is 2.53. The second-order valence-electron chi connectivity index (χ2n) is 5.42. The van der Waals surface area contributed by atoms with Gasteiger partial charge in [-0.05, 0) is 25.1 Å². The van der Waals surface area contributed by atoms with Gasteiger partial charge in [-0.3, -0.25) is 9.59 Å². The Morgan fingerprint density at radius 1 is 1.26 bits per heavy atom. The van der Waals surface area contributed by atoms with Gasteiger partial charge in [0.2, 0.25) is 11.7 Å². The lowest BCUT2D eigenvalue weighted by Gasteiger charge is -2.09. The molecule has 0 aliphatic carbocycles. The zero-order valence-electron chi connectivity index (χ0n) is 13.2. The number of hydrogen-bond acceptors (Lipinski definition) is 4. The molecular weight excluding hydrogens is 339 g/mol. The van der Waals surface area contributed by atoms with Crippen LogP contribution in [0.4, 0.5) is 0 Å². The maximum atomic E-state index is 12.8. The van der Waals surface area contributed by atoms with Crippen molar-refractivity contribution in [3.63, 3.8) is 0 Å². The molecule has 0 spiro atoms. The van der Waals surface area contributed by atoms with Crippen LogP contribution in [0.25, 0.3) is 0 Å². The maximum absolute atomic E-state index is 12.8. The van der Waals surface area contributed by atoms with E-state index in [9.17, 15) is 9.59 Å². The Morgan fingerprint density at radius 3 is 2.48 bits per heavy atom. The number of nitrogens with zero attached hydrogens (tertiary/aromatic N) is 2. The number of carbonyl (C=O) groups excluding carboxylic acids is 2. The standard InChI is InChI=1S/C16H16Cl2N2O3/c1-8(2)16(22)23-15-13(9(3)19-20(15)4)14(21)11-6-5-10(17)7-12(11)18/h5-8H,1-4H3. The highest BCUT2D eigenvalue weighted by molar-refractivity contribution is 6.37. The van der Waals surface area contributed by atoms with E-state index < -0.39 is 5.97 Å². The molecule has 7 heteroatoms. The smallest absolute Gasteiger partial charge is 0.315 e. The number of esters is 1. The third-order valence-corrected chi connectivity index (χ3v) is 3.79. The Kier molecular flexibility index (Phi) is 5.12. The lowest BCUT2D eigenvalue weighted by molar-refractivity contribution is -0.138. The molecule has 0 saturated carbocycles. The van der Waals surface area contributed by atoms with E-state index in [0.29, 0.717) is 10.7 Å². The van der Waals surface area contributed by atoms with E-state index in [1.54, 1.807) is 33.9 Å². The zero-order valence-corrected chi connectivity index (χ0v) is 14.7. The van der Waals surface area contributed by atoms with Crippen molar-refractivity contribution in [2.24, 2.45) is 13.0 Å². The molecule has 0 radical (unpaired) electrons. The van der Waals surface area contributed by atoms with Gasteiger partial charge in [-0.15, -0.1) is 0 Å². The number of halogens is 2. The van der Waals surface area contributed by atoms with Crippen LogP contribution in [0.5, 0.6) is 5.88 Å². The van der Waals surface area contributed by atoms with Crippen molar-refractivity contribution in [1.82, 2.24) is 9.78 Å². The van der Waals surface area contributed by atoms with E-state index in [1.165, 1.54) is 16.8 Å². The Morgan fingerprint density at radius 2 is 1.91 bits per heavy atom. The summed E-state index contributed by atoms with van der Waals surface area (Å²) in [4.78, 5) is 24.7. The first-order valence-corrected chi connectivity index (χ1v) is 7.73. The lowest BCUT2D eigenvalue weighted by atomic mass is 10.0. The molecule has 5 nitrogen and oxygen atoms in total. The summed E-state index contributed by atoms with van der Waals surface area (Å²) in [5.74, 6) is -1.03. The van der Waals surface area contributed by atoms with Gasteiger partial charge in [0.15, 0.2) is 0 Å². The summed E-state index contributed by atoms with van der Waals surface area (Å²) in [7, 11) is 1.61. The van der Waals surface area contributed by atoms with E-state index >= 15 is 0 Å². The van der Waals surface area contributed by atoms with Crippen LogP contribution in [-0.2, 0) is 11.8 Å². The molecule has 1 heterocycles. The van der Waals surface area contributed by atoms with Crippen LogP contribution < -0.4 is 4.74 Å². The van der Waals surface area contributed by atoms with Gasteiger partial charge in [-0.25, -0.2) is 4.68 Å². The van der Waals surface area contributed by atoms with Crippen molar-refractivity contribution in [2.75, 3.05) is 0 Å². The van der Waals surface area contributed by atoms with Crippen LogP contribution in [0.3, 0.4) is 0 Å². The third kappa shape index (κ3) is 3.57. The minimum absolute atomic E-state index is 0.109. The van der Waals surface area contributed by atoms with Gasteiger partial charge in [0.1, 0.15) is 5.56 Å². The highest BCUT2D eigenvalue weighted by atomic mass is 35.5. The van der Waals surface area contributed by atoms with Gasteiger partial charge < -0.3 is 4.74 Å². The van der Waals surface area contributed by atoms with Gasteiger partial charge in [0, 0.05) is 17.6 Å². The van der Waals surface area contributed by atoms with Crippen molar-refractivity contribution in [2.45, 2.75) is 20.8 Å². The van der Waals surface area contributed by atoms with E-state index in [2.05, 4.69) is 5.10 Å². The first-order valence-electron chi connectivity index (χ1n) is 6.97. The highest BCUT2D eigenvalue weighted by Crippen LogP contribution is 2.29. The van der Waals surface area contributed by atoms with Crippen molar-refractivity contribution in [1.29, 1.82) is 0 Å². The Labute approximate surface area is 144 Å². The van der Waals surface area contributed by atoms with Crippen LogP contribution in [0.15, 0.2) is 18.2 Å². The number of aryl methyl sites for hydroxylation is 2. The van der Waals surface area contributed by atoms with E-state index in [0.717, 1.165) is 0 Å². The maximum Gasteiger partial charge on any atom is 0.315 e. The SMILES string of the molecule is Cc1nn(C)c(OC(=O)C(C)C)c1C(=O)c1ccc(Cl)cc1Cl. The van der Waals surface area contributed by atoms with Crippen LogP contribution in [0.1, 0.15) is 35.5 Å². The Hall–Kier alpha value is -1.85. The molecule has 0 amide bonds. The predicted octanol–water partition coefficient (Wildman–Crippen LogP) is 3.83. The first kappa shape index (κ1) is 17.5. The van der Waals surface area contributed by atoms with E-state index in [1.807, 2.05) is 0 Å². The molecule has 0 N–H and O–H groups in total. The second-order valence-corrected chi connectivity index (χ2v) is 6.26. The molecule has 2 rings (SSSR count). The molecule has 0 bridgehead atoms. The van der Waals surface area contributed by atoms with Crippen LogP contribution in [-0.4, -0.2) is 21.5 Å². The van der Waals surface area contributed by atoms with Crippen molar-refractivity contribution in [3.8, 4) is 5.88 Å². The average Bonchev–Trinajstić information content (AvgIpc) is 2.72. The molecule has 0 saturated heterocycles. The molecule has 0 fully saturated rings. The Bertz CT molecular complexity index is 782. The average molecular weight is 355 g/mol. The molecule has 122 valence electrons. The van der Waals surface area contributed by atoms with Gasteiger partial charge in [-0.2, -0.15) is 5.10 Å². The van der Waals surface area contributed by atoms with Crippen molar-refractivity contribution in [3.05, 3.63) is 45.1 Å². The number of aromatic nitrogens is 2. The number of carbonyl (C=O) groups is 2. The van der Waals surface area contributed by atoms with Crippen LogP contribution in [0, 0.1) is 12.8 Å². The summed E-state index contributed by atoms with van der Waals surface area (Å²) in [6.07, 6.45) is 0. The second kappa shape index (κ2) is 6.72. The van der Waals surface area contributed by atoms with E-state index in [4.69, 9.17) is 27.9 Å². The van der Waals surface area contributed by atoms with Crippen LogP contribution >= 0.6 is 23.2 Å². The molecule has 23 heavy (non-hydrogen) atoms. The summed E-state index contributed by atoms with van der Waals surface area (Å²) in [6.45, 7) is 5.09. The van der Waals surface area contributed by atoms with Gasteiger partial charge >= 0.3 is 5.97 Å². The topological polar surface area (TPSA) is 61.2 Å². The predicted molar refractivity (Wildman–Crippen MR) is 88.3 cm³/mol. The summed E-state index contributed by atoms with van der Waals surface area (Å²) in [6, 6.07) is 4.60. The largest absolute Gasteiger partial charge is 0.407 e.